The number of hydrogen-bond donors (Lipinski definition) is 0. The summed E-state index contributed by atoms with van der Waals surface area (Å²) in [7, 11) is 0. The minimum Gasteiger partial charge on any atom is -0.462 e. The highest BCUT2D eigenvalue weighted by Gasteiger charge is 2.25. The predicted molar refractivity (Wildman–Crippen MR) is 105 cm³/mol. The van der Waals surface area contributed by atoms with Crippen LogP contribution in [0.1, 0.15) is 42.2 Å². The molecule has 3 aromatic rings. The predicted octanol–water partition coefficient (Wildman–Crippen LogP) is 3.33. The van der Waals surface area contributed by atoms with Gasteiger partial charge in [0.1, 0.15) is 17.5 Å². The first-order valence-electron chi connectivity index (χ1n) is 8.92. The first kappa shape index (κ1) is 19.8. The van der Waals surface area contributed by atoms with E-state index in [2.05, 4.69) is 4.98 Å². The van der Waals surface area contributed by atoms with Crippen LogP contribution in [0.25, 0.3) is 10.2 Å². The first-order chi connectivity index (χ1) is 13.6. The number of fused-ring (bicyclic) bond motifs is 1. The highest BCUT2D eigenvalue weighted by Crippen LogP contribution is 2.23. The third-order valence-corrected chi connectivity index (χ3v) is 5.12. The summed E-state index contributed by atoms with van der Waals surface area (Å²) in [6, 6.07) is 8.47. The number of aromatic nitrogens is 2. The van der Waals surface area contributed by atoms with E-state index in [1.807, 2.05) is 30.3 Å². The average Bonchev–Trinajstić information content (AvgIpc) is 3.15. The maximum atomic E-state index is 13.0. The van der Waals surface area contributed by atoms with Gasteiger partial charge in [0.2, 0.25) is 0 Å². The minimum atomic E-state index is -0.831. The Hall–Kier alpha value is -3.00. The van der Waals surface area contributed by atoms with Gasteiger partial charge in [-0.3, -0.25) is 9.36 Å². The fraction of sp³-hybridized carbons (Fsp3) is 0.300. The van der Waals surface area contributed by atoms with Crippen LogP contribution in [0.15, 0.2) is 46.8 Å². The van der Waals surface area contributed by atoms with E-state index in [-0.39, 0.29) is 24.2 Å². The molecule has 1 atom stereocenters. The van der Waals surface area contributed by atoms with Crippen molar-refractivity contribution in [3.05, 3.63) is 63.5 Å². The molecular formula is C20H20N2O5S. The summed E-state index contributed by atoms with van der Waals surface area (Å²) in [5, 5.41) is 1.72. The van der Waals surface area contributed by atoms with Gasteiger partial charge in [-0.05, 0) is 18.9 Å². The Morgan fingerprint density at radius 1 is 1.18 bits per heavy atom. The third kappa shape index (κ3) is 3.96. The van der Waals surface area contributed by atoms with E-state index in [0.29, 0.717) is 11.3 Å². The highest BCUT2D eigenvalue weighted by atomic mass is 32.1. The van der Waals surface area contributed by atoms with Gasteiger partial charge < -0.3 is 9.47 Å². The number of hydrogen-bond acceptors (Lipinski definition) is 7. The van der Waals surface area contributed by atoms with E-state index < -0.39 is 23.5 Å². The molecular weight excluding hydrogens is 380 g/mol. The topological polar surface area (TPSA) is 87.5 Å². The number of benzene rings is 1. The highest BCUT2D eigenvalue weighted by molar-refractivity contribution is 7.17. The van der Waals surface area contributed by atoms with Crippen molar-refractivity contribution in [3.63, 3.8) is 0 Å². The molecule has 0 saturated carbocycles. The van der Waals surface area contributed by atoms with Crippen molar-refractivity contribution in [1.82, 2.24) is 9.55 Å². The number of thiophene rings is 1. The monoisotopic (exact) mass is 400 g/mol. The lowest BCUT2D eigenvalue weighted by Crippen LogP contribution is -2.31. The summed E-state index contributed by atoms with van der Waals surface area (Å²) >= 11 is 1.18. The Balaban J connectivity index is 1.90. The number of rotatable bonds is 7. The normalized spacial score (nSPS) is 11.9. The standard InChI is InChI=1S/C20H20N2O5S/c1-3-15(20(25)27-10-13-8-6-5-7-9-13)22-12-21-17-16(18(22)23)14(11-28-17)19(24)26-4-2/h5-9,11-12,15H,3-4,10H2,1-2H3. The second kappa shape index (κ2) is 8.79. The molecule has 28 heavy (non-hydrogen) atoms. The van der Waals surface area contributed by atoms with E-state index in [1.165, 1.54) is 22.2 Å². The zero-order chi connectivity index (χ0) is 20.1. The van der Waals surface area contributed by atoms with Gasteiger partial charge in [-0.2, -0.15) is 0 Å². The summed E-state index contributed by atoms with van der Waals surface area (Å²) in [6.07, 6.45) is 1.67. The van der Waals surface area contributed by atoms with Crippen molar-refractivity contribution < 1.29 is 19.1 Å². The summed E-state index contributed by atoms with van der Waals surface area (Å²) in [4.78, 5) is 42.4. The van der Waals surface area contributed by atoms with Crippen LogP contribution in [0.2, 0.25) is 0 Å². The van der Waals surface area contributed by atoms with E-state index in [4.69, 9.17) is 9.47 Å². The zero-order valence-corrected chi connectivity index (χ0v) is 16.4. The first-order valence-corrected chi connectivity index (χ1v) is 9.80. The van der Waals surface area contributed by atoms with Gasteiger partial charge in [0.15, 0.2) is 0 Å². The summed E-state index contributed by atoms with van der Waals surface area (Å²) in [5.41, 5.74) is 0.563. The van der Waals surface area contributed by atoms with Gasteiger partial charge >= 0.3 is 11.9 Å². The van der Waals surface area contributed by atoms with Crippen LogP contribution < -0.4 is 5.56 Å². The van der Waals surface area contributed by atoms with Crippen LogP contribution in [-0.2, 0) is 20.9 Å². The Morgan fingerprint density at radius 2 is 1.93 bits per heavy atom. The second-order valence-corrected chi connectivity index (χ2v) is 6.88. The molecule has 1 aromatic carbocycles. The molecule has 2 aromatic heterocycles. The Morgan fingerprint density at radius 3 is 2.61 bits per heavy atom. The van der Waals surface area contributed by atoms with Crippen LogP contribution in [0.4, 0.5) is 0 Å². The largest absolute Gasteiger partial charge is 0.462 e. The molecule has 7 nitrogen and oxygen atoms in total. The molecule has 0 N–H and O–H groups in total. The van der Waals surface area contributed by atoms with Crippen LogP contribution in [0.3, 0.4) is 0 Å². The molecule has 8 heteroatoms. The van der Waals surface area contributed by atoms with E-state index >= 15 is 0 Å². The van der Waals surface area contributed by atoms with Crippen molar-refractivity contribution in [2.45, 2.75) is 32.9 Å². The number of ether oxygens (including phenoxy) is 2. The van der Waals surface area contributed by atoms with Crippen LogP contribution in [0, 0.1) is 0 Å². The molecule has 0 aliphatic rings. The number of carbonyl (C=O) groups is 2. The number of esters is 2. The molecule has 146 valence electrons. The number of nitrogens with zero attached hydrogens (tertiary/aromatic N) is 2. The summed E-state index contributed by atoms with van der Waals surface area (Å²) in [6.45, 7) is 3.80. The molecule has 0 spiro atoms. The molecule has 0 aliphatic carbocycles. The molecule has 1 unspecified atom stereocenters. The molecule has 3 rings (SSSR count). The molecule has 0 amide bonds. The summed E-state index contributed by atoms with van der Waals surface area (Å²) < 4.78 is 11.6. The molecule has 0 aliphatic heterocycles. The fourth-order valence-corrected chi connectivity index (χ4v) is 3.70. The average molecular weight is 400 g/mol. The van der Waals surface area contributed by atoms with Gasteiger partial charge in [-0.15, -0.1) is 11.3 Å². The number of carbonyl (C=O) groups excluding carboxylic acids is 2. The lowest BCUT2D eigenvalue weighted by atomic mass is 10.2. The lowest BCUT2D eigenvalue weighted by molar-refractivity contribution is -0.149. The lowest BCUT2D eigenvalue weighted by Gasteiger charge is -2.17. The van der Waals surface area contributed by atoms with Crippen molar-refractivity contribution in [3.8, 4) is 0 Å². The van der Waals surface area contributed by atoms with Gasteiger partial charge in [0.25, 0.3) is 5.56 Å². The minimum absolute atomic E-state index is 0.118. The Labute approximate surface area is 165 Å². The van der Waals surface area contributed by atoms with Crippen LogP contribution >= 0.6 is 11.3 Å². The quantitative estimate of drug-likeness (QED) is 0.566. The van der Waals surface area contributed by atoms with Gasteiger partial charge in [0, 0.05) is 5.38 Å². The molecule has 0 saturated heterocycles. The smallest absolute Gasteiger partial charge is 0.339 e. The van der Waals surface area contributed by atoms with E-state index in [1.54, 1.807) is 19.2 Å². The maximum Gasteiger partial charge on any atom is 0.339 e. The van der Waals surface area contributed by atoms with E-state index in [0.717, 1.165) is 5.56 Å². The fourth-order valence-electron chi connectivity index (χ4n) is 2.83. The van der Waals surface area contributed by atoms with Crippen LogP contribution in [-0.4, -0.2) is 28.1 Å². The molecule has 0 bridgehead atoms. The molecule has 0 fully saturated rings. The van der Waals surface area contributed by atoms with Gasteiger partial charge in [-0.1, -0.05) is 37.3 Å². The molecule has 0 radical (unpaired) electrons. The van der Waals surface area contributed by atoms with Crippen LogP contribution in [0.5, 0.6) is 0 Å². The SMILES string of the molecule is CCOC(=O)c1csc2ncn(C(CC)C(=O)OCc3ccccc3)c(=O)c12. The maximum absolute atomic E-state index is 13.0. The van der Waals surface area contributed by atoms with Crippen molar-refractivity contribution in [2.24, 2.45) is 0 Å². The van der Waals surface area contributed by atoms with E-state index in [9.17, 15) is 14.4 Å². The van der Waals surface area contributed by atoms with Crippen molar-refractivity contribution in [1.29, 1.82) is 0 Å². The Bertz CT molecular complexity index is 1040. The second-order valence-electron chi connectivity index (χ2n) is 6.02. The van der Waals surface area contributed by atoms with Crippen molar-refractivity contribution >= 4 is 33.5 Å². The van der Waals surface area contributed by atoms with Gasteiger partial charge in [-0.25, -0.2) is 14.6 Å². The zero-order valence-electron chi connectivity index (χ0n) is 15.6. The third-order valence-electron chi connectivity index (χ3n) is 4.23. The molecule has 2 heterocycles. The Kier molecular flexibility index (Phi) is 6.20. The summed E-state index contributed by atoms with van der Waals surface area (Å²) in [5.74, 6) is -1.10. The van der Waals surface area contributed by atoms with Crippen molar-refractivity contribution in [2.75, 3.05) is 6.61 Å². The van der Waals surface area contributed by atoms with Gasteiger partial charge in [0.05, 0.1) is 23.9 Å².